The first kappa shape index (κ1) is 14.9. The summed E-state index contributed by atoms with van der Waals surface area (Å²) < 4.78 is 0. The molecule has 1 N–H and O–H groups in total. The van der Waals surface area contributed by atoms with Crippen LogP contribution in [0.4, 0.5) is 5.69 Å². The highest BCUT2D eigenvalue weighted by atomic mass is 35.5. The van der Waals surface area contributed by atoms with E-state index in [1.807, 2.05) is 0 Å². The molecule has 1 aromatic carbocycles. The van der Waals surface area contributed by atoms with Gasteiger partial charge >= 0.3 is 0 Å². The van der Waals surface area contributed by atoms with Gasteiger partial charge in [0, 0.05) is 18.7 Å². The largest absolute Gasteiger partial charge is 0.310 e. The lowest BCUT2D eigenvalue weighted by molar-refractivity contribution is -0.385. The molecule has 0 fully saturated rings. The van der Waals surface area contributed by atoms with E-state index in [0.717, 1.165) is 6.42 Å². The second kappa shape index (κ2) is 6.71. The minimum atomic E-state index is -0.393. The first-order chi connectivity index (χ1) is 8.41. The number of hydrogen-bond acceptors (Lipinski definition) is 3. The molecule has 1 atom stereocenters. The Hall–Kier alpha value is -1.13. The first-order valence-electron chi connectivity index (χ1n) is 6.07. The fraction of sp³-hybridized carbons (Fsp3) is 0.538. The number of nitrogens with one attached hydrogen (secondary N) is 1. The van der Waals surface area contributed by atoms with Crippen LogP contribution in [0.1, 0.15) is 32.8 Å². The van der Waals surface area contributed by atoms with E-state index in [2.05, 4.69) is 26.1 Å². The molecule has 0 bridgehead atoms. The highest BCUT2D eigenvalue weighted by molar-refractivity contribution is 6.31. The van der Waals surface area contributed by atoms with Crippen molar-refractivity contribution >= 4 is 17.3 Å². The van der Waals surface area contributed by atoms with Gasteiger partial charge in [-0.3, -0.25) is 10.1 Å². The Morgan fingerprint density at radius 1 is 1.39 bits per heavy atom. The molecule has 0 aliphatic carbocycles. The van der Waals surface area contributed by atoms with Crippen LogP contribution in [0.2, 0.25) is 5.02 Å². The molecule has 0 radical (unpaired) electrons. The third-order valence-corrected chi connectivity index (χ3v) is 3.10. The highest BCUT2D eigenvalue weighted by Crippen LogP contribution is 2.26. The molecule has 0 aliphatic heterocycles. The molecule has 1 aromatic rings. The number of rotatable bonds is 6. The van der Waals surface area contributed by atoms with Crippen molar-refractivity contribution in [3.05, 3.63) is 38.9 Å². The van der Waals surface area contributed by atoms with Gasteiger partial charge < -0.3 is 5.32 Å². The molecule has 0 aromatic heterocycles. The van der Waals surface area contributed by atoms with Crippen molar-refractivity contribution in [2.24, 2.45) is 5.92 Å². The fourth-order valence-corrected chi connectivity index (χ4v) is 2.20. The first-order valence-corrected chi connectivity index (χ1v) is 6.44. The van der Waals surface area contributed by atoms with Gasteiger partial charge in [0.1, 0.15) is 0 Å². The topological polar surface area (TPSA) is 55.2 Å². The van der Waals surface area contributed by atoms with Gasteiger partial charge in [-0.15, -0.1) is 0 Å². The van der Waals surface area contributed by atoms with Crippen LogP contribution in [0.5, 0.6) is 0 Å². The van der Waals surface area contributed by atoms with Gasteiger partial charge in [0.15, 0.2) is 0 Å². The molecule has 5 heteroatoms. The molecule has 0 spiro atoms. The second-order valence-electron chi connectivity index (χ2n) is 4.91. The molecule has 0 heterocycles. The molecule has 1 unspecified atom stereocenters. The zero-order chi connectivity index (χ0) is 13.7. The van der Waals surface area contributed by atoms with Crippen LogP contribution in [0.3, 0.4) is 0 Å². The smallest absolute Gasteiger partial charge is 0.275 e. The molecule has 100 valence electrons. The van der Waals surface area contributed by atoms with E-state index >= 15 is 0 Å². The highest BCUT2D eigenvalue weighted by Gasteiger charge is 2.17. The van der Waals surface area contributed by atoms with Crippen molar-refractivity contribution in [3.63, 3.8) is 0 Å². The molecular weight excluding hydrogens is 252 g/mol. The summed E-state index contributed by atoms with van der Waals surface area (Å²) in [5, 5.41) is 14.6. The second-order valence-corrected chi connectivity index (χ2v) is 5.31. The number of nitro groups is 1. The van der Waals surface area contributed by atoms with Crippen LogP contribution >= 0.6 is 11.6 Å². The van der Waals surface area contributed by atoms with E-state index in [-0.39, 0.29) is 5.69 Å². The third kappa shape index (κ3) is 4.27. The van der Waals surface area contributed by atoms with Crippen LogP contribution in [0.15, 0.2) is 18.2 Å². The van der Waals surface area contributed by atoms with Crippen molar-refractivity contribution in [2.45, 2.75) is 39.8 Å². The van der Waals surface area contributed by atoms with E-state index in [1.165, 1.54) is 6.07 Å². The summed E-state index contributed by atoms with van der Waals surface area (Å²) in [6, 6.07) is 5.07. The van der Waals surface area contributed by atoms with Gasteiger partial charge in [-0.2, -0.15) is 0 Å². The van der Waals surface area contributed by atoms with E-state index in [9.17, 15) is 10.1 Å². The molecule has 18 heavy (non-hydrogen) atoms. The quantitative estimate of drug-likeness (QED) is 0.632. The number of nitro benzene ring substituents is 1. The summed E-state index contributed by atoms with van der Waals surface area (Å²) in [6.07, 6.45) is 1.03. The Morgan fingerprint density at radius 2 is 2.06 bits per heavy atom. The molecular formula is C13H19ClN2O2. The van der Waals surface area contributed by atoms with Crippen LogP contribution in [0, 0.1) is 16.0 Å². The lowest BCUT2D eigenvalue weighted by atomic mass is 10.0. The van der Waals surface area contributed by atoms with Crippen molar-refractivity contribution in [1.29, 1.82) is 0 Å². The van der Waals surface area contributed by atoms with Gasteiger partial charge in [-0.25, -0.2) is 0 Å². The molecule has 1 rings (SSSR count). The SMILES string of the molecule is CC(C)CC(C)NCc1c(Cl)cccc1[N+](=O)[O-]. The molecule has 0 saturated heterocycles. The predicted molar refractivity (Wildman–Crippen MR) is 73.9 cm³/mol. The molecule has 0 aliphatic rings. The van der Waals surface area contributed by atoms with Crippen molar-refractivity contribution in [1.82, 2.24) is 5.32 Å². The van der Waals surface area contributed by atoms with Crippen molar-refractivity contribution in [2.75, 3.05) is 0 Å². The summed E-state index contributed by atoms with van der Waals surface area (Å²) >= 11 is 6.02. The van der Waals surface area contributed by atoms with E-state index in [0.29, 0.717) is 29.1 Å². The van der Waals surface area contributed by atoms with Crippen molar-refractivity contribution in [3.8, 4) is 0 Å². The van der Waals surface area contributed by atoms with Gasteiger partial charge in [-0.1, -0.05) is 31.5 Å². The zero-order valence-corrected chi connectivity index (χ0v) is 11.7. The lowest BCUT2D eigenvalue weighted by Gasteiger charge is -2.16. The summed E-state index contributed by atoms with van der Waals surface area (Å²) in [5.41, 5.74) is 0.631. The van der Waals surface area contributed by atoms with E-state index in [1.54, 1.807) is 12.1 Å². The Bertz CT molecular complexity index is 421. The lowest BCUT2D eigenvalue weighted by Crippen LogP contribution is -2.27. The summed E-state index contributed by atoms with van der Waals surface area (Å²) in [7, 11) is 0. The minimum absolute atomic E-state index is 0.0757. The Kier molecular flexibility index (Phi) is 5.56. The summed E-state index contributed by atoms with van der Waals surface area (Å²) in [6.45, 7) is 6.79. The number of hydrogen-bond donors (Lipinski definition) is 1. The average Bonchev–Trinajstić information content (AvgIpc) is 2.25. The van der Waals surface area contributed by atoms with Gasteiger partial charge in [0.25, 0.3) is 5.69 Å². The van der Waals surface area contributed by atoms with E-state index in [4.69, 9.17) is 11.6 Å². The fourth-order valence-electron chi connectivity index (χ4n) is 1.96. The van der Waals surface area contributed by atoms with Crippen LogP contribution in [-0.4, -0.2) is 11.0 Å². The van der Waals surface area contributed by atoms with Gasteiger partial charge in [-0.05, 0) is 25.3 Å². The maximum atomic E-state index is 10.9. The number of nitrogens with zero attached hydrogens (tertiary/aromatic N) is 1. The number of benzene rings is 1. The van der Waals surface area contributed by atoms with Gasteiger partial charge in [0.05, 0.1) is 15.5 Å². The Balaban J connectivity index is 2.75. The standard InChI is InChI=1S/C13H19ClN2O2/c1-9(2)7-10(3)15-8-11-12(14)5-4-6-13(11)16(17)18/h4-6,9-10,15H,7-8H2,1-3H3. The molecule has 0 saturated carbocycles. The molecule has 0 amide bonds. The monoisotopic (exact) mass is 270 g/mol. The third-order valence-electron chi connectivity index (χ3n) is 2.74. The van der Waals surface area contributed by atoms with Crippen LogP contribution < -0.4 is 5.32 Å². The van der Waals surface area contributed by atoms with Crippen molar-refractivity contribution < 1.29 is 4.92 Å². The number of halogens is 1. The minimum Gasteiger partial charge on any atom is -0.310 e. The Labute approximate surface area is 112 Å². The maximum Gasteiger partial charge on any atom is 0.275 e. The summed E-state index contributed by atoms with van der Waals surface area (Å²) in [4.78, 5) is 10.5. The van der Waals surface area contributed by atoms with Gasteiger partial charge in [0.2, 0.25) is 0 Å². The summed E-state index contributed by atoms with van der Waals surface area (Å²) in [5.74, 6) is 0.591. The molecule has 4 nitrogen and oxygen atoms in total. The van der Waals surface area contributed by atoms with Crippen LogP contribution in [-0.2, 0) is 6.54 Å². The van der Waals surface area contributed by atoms with Crippen LogP contribution in [0.25, 0.3) is 0 Å². The van der Waals surface area contributed by atoms with E-state index < -0.39 is 4.92 Å². The zero-order valence-electron chi connectivity index (χ0n) is 10.9. The predicted octanol–water partition coefficient (Wildman–Crippen LogP) is 3.77. The average molecular weight is 271 g/mol. The maximum absolute atomic E-state index is 10.9. The Morgan fingerprint density at radius 3 is 2.61 bits per heavy atom. The normalized spacial score (nSPS) is 12.7.